The third kappa shape index (κ3) is 3.76. The van der Waals surface area contributed by atoms with Crippen LogP contribution in [0.15, 0.2) is 72.8 Å². The maximum absolute atomic E-state index is 4.73. The van der Waals surface area contributed by atoms with E-state index < -0.39 is 0 Å². The number of benzene rings is 1. The van der Waals surface area contributed by atoms with Crippen molar-refractivity contribution < 1.29 is 0 Å². The van der Waals surface area contributed by atoms with Crippen LogP contribution in [0, 0.1) is 11.8 Å². The second-order valence-electron chi connectivity index (χ2n) is 7.70. The van der Waals surface area contributed by atoms with Gasteiger partial charge < -0.3 is 9.97 Å². The topological polar surface area (TPSA) is 57.4 Å². The molecule has 8 bridgehead atoms. The number of aromatic nitrogens is 4. The molecule has 0 atom stereocenters. The van der Waals surface area contributed by atoms with Crippen molar-refractivity contribution in [2.75, 3.05) is 0 Å². The van der Waals surface area contributed by atoms with Crippen LogP contribution in [0.4, 0.5) is 0 Å². The monoisotopic (exact) mass is 410 g/mol. The molecule has 4 aromatic rings. The average molecular weight is 410 g/mol. The highest BCUT2D eigenvalue weighted by Gasteiger charge is 2.04. The van der Waals surface area contributed by atoms with Gasteiger partial charge in [-0.1, -0.05) is 30.0 Å². The molecule has 0 radical (unpaired) electrons. The first-order valence-electron chi connectivity index (χ1n) is 10.4. The van der Waals surface area contributed by atoms with Crippen molar-refractivity contribution in [3.05, 3.63) is 107 Å². The highest BCUT2D eigenvalue weighted by Crippen LogP contribution is 2.19. The van der Waals surface area contributed by atoms with Gasteiger partial charge in [0.05, 0.1) is 33.9 Å². The van der Waals surface area contributed by atoms with Gasteiger partial charge in [0.1, 0.15) is 0 Å². The summed E-state index contributed by atoms with van der Waals surface area (Å²) in [6.45, 7) is 0. The van der Waals surface area contributed by atoms with Gasteiger partial charge in [-0.05, 0) is 78.9 Å². The summed E-state index contributed by atoms with van der Waals surface area (Å²) in [5, 5.41) is 0. The molecule has 2 aliphatic rings. The summed E-state index contributed by atoms with van der Waals surface area (Å²) in [5.41, 5.74) is 9.39. The molecule has 5 heterocycles. The molecule has 0 fully saturated rings. The maximum Gasteiger partial charge on any atom is 0.0659 e. The van der Waals surface area contributed by atoms with Gasteiger partial charge in [-0.25, -0.2) is 9.97 Å². The molecule has 4 heteroatoms. The molecule has 0 aliphatic carbocycles. The largest absolute Gasteiger partial charge is 0.355 e. The van der Waals surface area contributed by atoms with Crippen LogP contribution >= 0.6 is 0 Å². The number of hydrogen-bond donors (Lipinski definition) is 2. The van der Waals surface area contributed by atoms with E-state index >= 15 is 0 Å². The first-order chi connectivity index (χ1) is 15.8. The summed E-state index contributed by atoms with van der Waals surface area (Å²) in [6, 6.07) is 24.3. The van der Waals surface area contributed by atoms with Crippen LogP contribution < -0.4 is 0 Å². The molecular formula is C28H18N4. The van der Waals surface area contributed by atoms with Crippen molar-refractivity contribution in [1.29, 1.82) is 0 Å². The van der Waals surface area contributed by atoms with E-state index in [0.717, 1.165) is 56.0 Å². The Morgan fingerprint density at radius 2 is 1.19 bits per heavy atom. The van der Waals surface area contributed by atoms with Crippen molar-refractivity contribution >= 4 is 46.4 Å². The van der Waals surface area contributed by atoms with E-state index in [1.54, 1.807) is 0 Å². The zero-order valence-electron chi connectivity index (χ0n) is 17.1. The van der Waals surface area contributed by atoms with Gasteiger partial charge in [-0.2, -0.15) is 0 Å². The summed E-state index contributed by atoms with van der Waals surface area (Å²) >= 11 is 0. The molecule has 0 spiro atoms. The van der Waals surface area contributed by atoms with Crippen LogP contribution in [0.25, 0.3) is 46.4 Å². The lowest BCUT2D eigenvalue weighted by Gasteiger charge is -1.88. The molecule has 4 nitrogen and oxygen atoms in total. The van der Waals surface area contributed by atoms with Gasteiger partial charge >= 0.3 is 0 Å². The lowest BCUT2D eigenvalue weighted by atomic mass is 10.2. The smallest absolute Gasteiger partial charge is 0.0659 e. The van der Waals surface area contributed by atoms with Gasteiger partial charge in [0.15, 0.2) is 0 Å². The zero-order valence-corrected chi connectivity index (χ0v) is 17.1. The first kappa shape index (κ1) is 18.2. The minimum Gasteiger partial charge on any atom is -0.355 e. The predicted molar refractivity (Wildman–Crippen MR) is 131 cm³/mol. The molecule has 0 saturated carbocycles. The fourth-order valence-corrected chi connectivity index (χ4v) is 3.78. The number of H-pyrrole nitrogens is 2. The summed E-state index contributed by atoms with van der Waals surface area (Å²) in [4.78, 5) is 16.3. The molecule has 0 unspecified atom stereocenters. The number of nitrogens with one attached hydrogen (secondary N) is 2. The maximum atomic E-state index is 4.73. The normalized spacial score (nSPS) is 11.9. The Labute approximate surface area is 185 Å². The summed E-state index contributed by atoms with van der Waals surface area (Å²) in [6.07, 6.45) is 8.03. The Bertz CT molecular complexity index is 1620. The van der Waals surface area contributed by atoms with Crippen LogP contribution in [0.3, 0.4) is 0 Å². The van der Waals surface area contributed by atoms with E-state index in [-0.39, 0.29) is 0 Å². The number of aromatic amines is 2. The zero-order chi connectivity index (χ0) is 21.3. The Hall–Kier alpha value is -4.62. The summed E-state index contributed by atoms with van der Waals surface area (Å²) < 4.78 is 0. The minimum atomic E-state index is 0.875. The van der Waals surface area contributed by atoms with Crippen LogP contribution in [0.2, 0.25) is 0 Å². The second kappa shape index (κ2) is 7.57. The molecular weight excluding hydrogens is 392 g/mol. The third-order valence-corrected chi connectivity index (χ3v) is 5.28. The molecule has 3 aromatic heterocycles. The molecule has 2 aliphatic heterocycles. The standard InChI is InChI=1S/C28H18N4/c1-2-4-19(5-3-1)6-7-20-14-27-17-25-11-10-23(30-25)15-21-8-9-22(29-21)16-24-12-13-26(31-24)18-28(20)32-27/h1-5,8-18,30,32H. The highest BCUT2D eigenvalue weighted by molar-refractivity contribution is 5.79. The van der Waals surface area contributed by atoms with E-state index in [4.69, 9.17) is 4.98 Å². The fourth-order valence-electron chi connectivity index (χ4n) is 3.78. The molecule has 6 rings (SSSR count). The molecule has 0 amide bonds. The Kier molecular flexibility index (Phi) is 4.30. The van der Waals surface area contributed by atoms with Crippen LogP contribution in [-0.2, 0) is 0 Å². The second-order valence-corrected chi connectivity index (χ2v) is 7.70. The quantitative estimate of drug-likeness (QED) is 0.299. The number of hydrogen-bond acceptors (Lipinski definition) is 2. The van der Waals surface area contributed by atoms with Gasteiger partial charge in [0, 0.05) is 22.1 Å². The van der Waals surface area contributed by atoms with E-state index in [1.807, 2.05) is 72.8 Å². The van der Waals surface area contributed by atoms with Crippen molar-refractivity contribution in [2.24, 2.45) is 0 Å². The molecule has 1 aromatic carbocycles. The Morgan fingerprint density at radius 1 is 0.531 bits per heavy atom. The lowest BCUT2D eigenvalue weighted by Crippen LogP contribution is -1.78. The van der Waals surface area contributed by atoms with Crippen LogP contribution in [-0.4, -0.2) is 19.9 Å². The van der Waals surface area contributed by atoms with Crippen molar-refractivity contribution in [1.82, 2.24) is 19.9 Å². The van der Waals surface area contributed by atoms with Gasteiger partial charge in [0.2, 0.25) is 0 Å². The van der Waals surface area contributed by atoms with Crippen LogP contribution in [0.1, 0.15) is 33.9 Å². The van der Waals surface area contributed by atoms with Gasteiger partial charge in [-0.3, -0.25) is 0 Å². The highest BCUT2D eigenvalue weighted by atomic mass is 14.8. The molecule has 0 saturated heterocycles. The third-order valence-electron chi connectivity index (χ3n) is 5.28. The minimum absolute atomic E-state index is 0.875. The summed E-state index contributed by atoms with van der Waals surface area (Å²) in [7, 11) is 0. The van der Waals surface area contributed by atoms with E-state index in [0.29, 0.717) is 0 Å². The first-order valence-corrected chi connectivity index (χ1v) is 10.4. The van der Waals surface area contributed by atoms with E-state index in [1.165, 1.54) is 0 Å². The molecule has 32 heavy (non-hydrogen) atoms. The Balaban J connectivity index is 1.60. The SMILES string of the molecule is C(#Cc1cc2cc3ccc(cc4nc(cc5nc(cc1[nH]2)C=C5)C=C4)[nH]3)c1ccccc1. The molecule has 150 valence electrons. The number of nitrogens with zero attached hydrogens (tertiary/aromatic N) is 2. The predicted octanol–water partition coefficient (Wildman–Crippen LogP) is 6.06. The summed E-state index contributed by atoms with van der Waals surface area (Å²) in [5.74, 6) is 6.58. The van der Waals surface area contributed by atoms with E-state index in [9.17, 15) is 0 Å². The van der Waals surface area contributed by atoms with Crippen molar-refractivity contribution in [2.45, 2.75) is 0 Å². The Morgan fingerprint density at radius 3 is 1.94 bits per heavy atom. The number of fused-ring (bicyclic) bond motifs is 8. The van der Waals surface area contributed by atoms with Crippen LogP contribution in [0.5, 0.6) is 0 Å². The van der Waals surface area contributed by atoms with Gasteiger partial charge in [0.25, 0.3) is 0 Å². The fraction of sp³-hybridized carbons (Fsp3) is 0. The lowest BCUT2D eigenvalue weighted by molar-refractivity contribution is 1.28. The molecule has 2 N–H and O–H groups in total. The van der Waals surface area contributed by atoms with Crippen molar-refractivity contribution in [3.63, 3.8) is 0 Å². The van der Waals surface area contributed by atoms with Gasteiger partial charge in [-0.15, -0.1) is 0 Å². The number of rotatable bonds is 0. The van der Waals surface area contributed by atoms with E-state index in [2.05, 4.69) is 51.1 Å². The van der Waals surface area contributed by atoms with Crippen molar-refractivity contribution in [3.8, 4) is 11.8 Å². The average Bonchev–Trinajstić information content (AvgIpc) is 3.58.